The number of H-pyrrole nitrogens is 1. The van der Waals surface area contributed by atoms with Crippen LogP contribution < -0.4 is 20.1 Å². The third-order valence-electron chi connectivity index (χ3n) is 4.86. The number of aryl methyl sites for hydroxylation is 1. The standard InChI is InChI=1S/C24H22F3N5O3/c1-14-12-28-23(29-14)19-8-5-17(11-20(19)34-2)31-22-10-15(13-33)9-21(32-22)30-16-3-6-18(7-4-16)35-24(25,26)27/h3-12,33H,13H2,1-2H3,(H,28,29)(H2,30,31,32). The maximum absolute atomic E-state index is 12.4. The van der Waals surface area contributed by atoms with Crippen LogP contribution in [0.3, 0.4) is 0 Å². The van der Waals surface area contributed by atoms with Gasteiger partial charge in [0, 0.05) is 23.6 Å². The monoisotopic (exact) mass is 485 g/mol. The SMILES string of the molecule is COc1cc(Nc2cc(CO)cc(Nc3ccc(OC(F)(F)F)cc3)n2)ccc1-c1nc(C)c[nH]1. The summed E-state index contributed by atoms with van der Waals surface area (Å²) >= 11 is 0. The first-order valence-corrected chi connectivity index (χ1v) is 10.4. The van der Waals surface area contributed by atoms with Crippen molar-refractivity contribution < 1.29 is 27.8 Å². The van der Waals surface area contributed by atoms with Gasteiger partial charge in [-0.15, -0.1) is 13.2 Å². The first kappa shape index (κ1) is 23.9. The molecule has 0 spiro atoms. The minimum absolute atomic E-state index is 0.232. The zero-order valence-corrected chi connectivity index (χ0v) is 18.8. The predicted octanol–water partition coefficient (Wildman–Crippen LogP) is 5.67. The molecule has 8 nitrogen and oxygen atoms in total. The molecule has 35 heavy (non-hydrogen) atoms. The highest BCUT2D eigenvalue weighted by molar-refractivity contribution is 5.71. The Kier molecular flexibility index (Phi) is 6.78. The lowest BCUT2D eigenvalue weighted by Gasteiger charge is -2.14. The van der Waals surface area contributed by atoms with E-state index < -0.39 is 6.36 Å². The normalized spacial score (nSPS) is 11.3. The Morgan fingerprint density at radius 3 is 2.17 bits per heavy atom. The summed E-state index contributed by atoms with van der Waals surface area (Å²) in [4.78, 5) is 12.0. The number of aliphatic hydroxyl groups excluding tert-OH is 1. The number of aromatic nitrogens is 3. The van der Waals surface area contributed by atoms with Crippen molar-refractivity contribution in [3.05, 3.63) is 72.1 Å². The second kappa shape index (κ2) is 9.94. The Morgan fingerprint density at radius 2 is 1.60 bits per heavy atom. The Morgan fingerprint density at radius 1 is 0.943 bits per heavy atom. The minimum Gasteiger partial charge on any atom is -0.496 e. The van der Waals surface area contributed by atoms with Crippen LogP contribution in [0.4, 0.5) is 36.2 Å². The molecule has 0 radical (unpaired) electrons. The highest BCUT2D eigenvalue weighted by Gasteiger charge is 2.30. The number of nitrogens with one attached hydrogen (secondary N) is 3. The maximum atomic E-state index is 12.4. The van der Waals surface area contributed by atoms with Crippen LogP contribution in [0.1, 0.15) is 11.3 Å². The lowest BCUT2D eigenvalue weighted by atomic mass is 10.1. The van der Waals surface area contributed by atoms with Crippen LogP contribution in [0, 0.1) is 6.92 Å². The lowest BCUT2D eigenvalue weighted by Crippen LogP contribution is -2.16. The fourth-order valence-electron chi connectivity index (χ4n) is 3.36. The highest BCUT2D eigenvalue weighted by atomic mass is 19.4. The molecule has 0 unspecified atom stereocenters. The number of rotatable bonds is 8. The largest absolute Gasteiger partial charge is 0.573 e. The molecule has 0 saturated heterocycles. The highest BCUT2D eigenvalue weighted by Crippen LogP contribution is 2.32. The van der Waals surface area contributed by atoms with Gasteiger partial charge in [0.2, 0.25) is 0 Å². The number of halogens is 3. The predicted molar refractivity (Wildman–Crippen MR) is 125 cm³/mol. The molecule has 4 N–H and O–H groups in total. The zero-order chi connectivity index (χ0) is 25.0. The van der Waals surface area contributed by atoms with Crippen LogP contribution in [0.2, 0.25) is 0 Å². The van der Waals surface area contributed by atoms with E-state index in [1.165, 1.54) is 24.3 Å². The molecule has 11 heteroatoms. The summed E-state index contributed by atoms with van der Waals surface area (Å²) < 4.78 is 46.5. The molecule has 0 fully saturated rings. The number of pyridine rings is 1. The smallest absolute Gasteiger partial charge is 0.496 e. The van der Waals surface area contributed by atoms with Gasteiger partial charge in [-0.3, -0.25) is 0 Å². The zero-order valence-electron chi connectivity index (χ0n) is 18.8. The summed E-state index contributed by atoms with van der Waals surface area (Å²) in [5.74, 6) is 1.79. The molecule has 0 aliphatic rings. The number of nitrogens with zero attached hydrogens (tertiary/aromatic N) is 2. The molecule has 0 bridgehead atoms. The van der Waals surface area contributed by atoms with Crippen molar-refractivity contribution in [2.45, 2.75) is 19.9 Å². The van der Waals surface area contributed by atoms with Crippen LogP contribution >= 0.6 is 0 Å². The van der Waals surface area contributed by atoms with Gasteiger partial charge in [-0.25, -0.2) is 9.97 Å². The number of anilines is 4. The van der Waals surface area contributed by atoms with Crippen molar-refractivity contribution in [1.82, 2.24) is 15.0 Å². The van der Waals surface area contributed by atoms with Gasteiger partial charge in [-0.1, -0.05) is 0 Å². The van der Waals surface area contributed by atoms with Crippen LogP contribution in [-0.4, -0.2) is 33.5 Å². The van der Waals surface area contributed by atoms with Gasteiger partial charge < -0.3 is 30.2 Å². The Balaban J connectivity index is 1.54. The van der Waals surface area contributed by atoms with Crippen LogP contribution in [0.15, 0.2) is 60.8 Å². The van der Waals surface area contributed by atoms with Crippen molar-refractivity contribution in [3.8, 4) is 22.9 Å². The summed E-state index contributed by atoms with van der Waals surface area (Å²) in [6, 6.07) is 14.1. The van der Waals surface area contributed by atoms with Gasteiger partial charge in [0.15, 0.2) is 0 Å². The number of aromatic amines is 1. The molecule has 4 rings (SSSR count). The number of imidazole rings is 1. The summed E-state index contributed by atoms with van der Waals surface area (Å²) in [6.45, 7) is 1.66. The van der Waals surface area contributed by atoms with Gasteiger partial charge in [0.05, 0.1) is 25.0 Å². The van der Waals surface area contributed by atoms with E-state index in [-0.39, 0.29) is 12.4 Å². The Hall–Kier alpha value is -4.25. The van der Waals surface area contributed by atoms with E-state index in [1.807, 2.05) is 19.1 Å². The van der Waals surface area contributed by atoms with E-state index in [4.69, 9.17) is 4.74 Å². The van der Waals surface area contributed by atoms with Gasteiger partial charge >= 0.3 is 6.36 Å². The summed E-state index contributed by atoms with van der Waals surface area (Å²) in [7, 11) is 1.57. The van der Waals surface area contributed by atoms with Crippen LogP contribution in [-0.2, 0) is 6.61 Å². The van der Waals surface area contributed by atoms with E-state index >= 15 is 0 Å². The van der Waals surface area contributed by atoms with E-state index in [2.05, 4.69) is 30.3 Å². The first-order chi connectivity index (χ1) is 16.7. The average molecular weight is 485 g/mol. The van der Waals surface area contributed by atoms with Crippen LogP contribution in [0.25, 0.3) is 11.4 Å². The molecule has 2 aromatic carbocycles. The minimum atomic E-state index is -4.76. The number of hydrogen-bond donors (Lipinski definition) is 4. The van der Waals surface area contributed by atoms with Crippen LogP contribution in [0.5, 0.6) is 11.5 Å². The Bertz CT molecular complexity index is 1310. The molecule has 0 atom stereocenters. The number of benzene rings is 2. The molecule has 0 amide bonds. The topological polar surface area (TPSA) is 104 Å². The average Bonchev–Trinajstić information content (AvgIpc) is 3.25. The molecule has 0 aliphatic carbocycles. The second-order valence-electron chi connectivity index (χ2n) is 7.53. The fourth-order valence-corrected chi connectivity index (χ4v) is 3.36. The number of aliphatic hydroxyl groups is 1. The van der Waals surface area contributed by atoms with E-state index in [9.17, 15) is 18.3 Å². The number of ether oxygens (including phenoxy) is 2. The summed E-state index contributed by atoms with van der Waals surface area (Å²) in [5.41, 5.74) is 3.42. The summed E-state index contributed by atoms with van der Waals surface area (Å²) in [6.07, 6.45) is -2.96. The van der Waals surface area contributed by atoms with Crippen molar-refractivity contribution >= 4 is 23.0 Å². The number of alkyl halides is 3. The van der Waals surface area contributed by atoms with Gasteiger partial charge in [-0.2, -0.15) is 0 Å². The molecule has 2 aromatic heterocycles. The van der Waals surface area contributed by atoms with E-state index in [0.29, 0.717) is 40.1 Å². The van der Waals surface area contributed by atoms with E-state index in [1.54, 1.807) is 31.5 Å². The molecule has 182 valence electrons. The fraction of sp³-hybridized carbons (Fsp3) is 0.167. The van der Waals surface area contributed by atoms with Crippen molar-refractivity contribution in [1.29, 1.82) is 0 Å². The Labute approximate surface area is 198 Å². The number of hydrogen-bond acceptors (Lipinski definition) is 7. The lowest BCUT2D eigenvalue weighted by molar-refractivity contribution is -0.274. The van der Waals surface area contributed by atoms with Crippen molar-refractivity contribution in [2.75, 3.05) is 17.7 Å². The van der Waals surface area contributed by atoms with Crippen molar-refractivity contribution in [3.63, 3.8) is 0 Å². The first-order valence-electron chi connectivity index (χ1n) is 10.4. The molecule has 2 heterocycles. The molecule has 0 aliphatic heterocycles. The molecule has 4 aromatic rings. The van der Waals surface area contributed by atoms with Gasteiger partial charge in [0.25, 0.3) is 0 Å². The van der Waals surface area contributed by atoms with Crippen molar-refractivity contribution in [2.24, 2.45) is 0 Å². The molecular formula is C24H22F3N5O3. The molecular weight excluding hydrogens is 463 g/mol. The number of methoxy groups -OCH3 is 1. The third kappa shape index (κ3) is 6.21. The van der Waals surface area contributed by atoms with Gasteiger partial charge in [-0.05, 0) is 61.0 Å². The molecule has 0 saturated carbocycles. The quantitative estimate of drug-likeness (QED) is 0.255. The summed E-state index contributed by atoms with van der Waals surface area (Å²) in [5, 5.41) is 15.9. The van der Waals surface area contributed by atoms with E-state index in [0.717, 1.165) is 11.3 Å². The second-order valence-corrected chi connectivity index (χ2v) is 7.53. The maximum Gasteiger partial charge on any atom is 0.573 e. The van der Waals surface area contributed by atoms with Gasteiger partial charge in [0.1, 0.15) is 29.0 Å². The third-order valence-corrected chi connectivity index (χ3v) is 4.86.